The topological polar surface area (TPSA) is 57.6 Å². The number of carbonyl (C=O) groups is 2. The molecule has 1 aliphatic heterocycles. The molecule has 6 heteroatoms. The SMILES string of the molecule is CCc1ccc(C2/C(=C(\O)c3cc(C(C)(C)C)ccc3C)C(=O)C(=O)N2c2ccc(F)c(Cl)c2)cc1. The monoisotopic (exact) mass is 505 g/mol. The molecule has 1 fully saturated rings. The molecule has 0 saturated carbocycles. The Morgan fingerprint density at radius 1 is 1.03 bits per heavy atom. The summed E-state index contributed by atoms with van der Waals surface area (Å²) in [5, 5.41) is 11.4. The van der Waals surface area contributed by atoms with E-state index < -0.39 is 23.5 Å². The van der Waals surface area contributed by atoms with Gasteiger partial charge in [-0.1, -0.05) is 75.7 Å². The molecule has 1 atom stereocenters. The molecule has 1 aliphatic rings. The summed E-state index contributed by atoms with van der Waals surface area (Å²) in [5.41, 5.74) is 4.07. The number of Topliss-reactive ketones (excluding diaryl/α,β-unsaturated/α-hetero) is 1. The number of rotatable bonds is 4. The molecule has 186 valence electrons. The summed E-state index contributed by atoms with van der Waals surface area (Å²) in [4.78, 5) is 28.1. The van der Waals surface area contributed by atoms with E-state index >= 15 is 0 Å². The predicted octanol–water partition coefficient (Wildman–Crippen LogP) is 7.27. The van der Waals surface area contributed by atoms with E-state index in [2.05, 4.69) is 20.8 Å². The molecule has 0 spiro atoms. The first-order valence-electron chi connectivity index (χ1n) is 11.9. The molecule has 1 unspecified atom stereocenters. The van der Waals surface area contributed by atoms with Gasteiger partial charge in [0.25, 0.3) is 11.7 Å². The minimum absolute atomic E-state index is 0.0149. The van der Waals surface area contributed by atoms with Gasteiger partial charge in [-0.25, -0.2) is 4.39 Å². The lowest BCUT2D eigenvalue weighted by Crippen LogP contribution is -2.29. The van der Waals surface area contributed by atoms with E-state index in [9.17, 15) is 19.1 Å². The Balaban J connectivity index is 1.98. The molecule has 4 nitrogen and oxygen atoms in total. The minimum Gasteiger partial charge on any atom is -0.507 e. The highest BCUT2D eigenvalue weighted by molar-refractivity contribution is 6.51. The van der Waals surface area contributed by atoms with Crippen molar-refractivity contribution in [3.05, 3.63) is 105 Å². The number of aryl methyl sites for hydroxylation is 2. The normalized spacial score (nSPS) is 17.6. The number of benzene rings is 3. The standard InChI is InChI=1S/C30H29ClFNO3/c1-6-18-8-10-19(11-9-18)26-25(27(34)22-15-20(30(3,4)5)12-7-17(22)2)28(35)29(36)33(26)21-13-14-24(32)23(31)16-21/h7-16,26,34H,6H2,1-5H3/b27-25+. The van der Waals surface area contributed by atoms with Gasteiger partial charge in [0, 0.05) is 11.3 Å². The summed E-state index contributed by atoms with van der Waals surface area (Å²) < 4.78 is 13.9. The lowest BCUT2D eigenvalue weighted by molar-refractivity contribution is -0.132. The van der Waals surface area contributed by atoms with Crippen LogP contribution in [-0.2, 0) is 21.4 Å². The van der Waals surface area contributed by atoms with Crippen molar-refractivity contribution in [3.63, 3.8) is 0 Å². The number of nitrogens with zero attached hydrogens (tertiary/aromatic N) is 1. The lowest BCUT2D eigenvalue weighted by atomic mass is 9.84. The van der Waals surface area contributed by atoms with Crippen molar-refractivity contribution in [1.82, 2.24) is 0 Å². The summed E-state index contributed by atoms with van der Waals surface area (Å²) >= 11 is 6.03. The zero-order valence-electron chi connectivity index (χ0n) is 21.0. The number of aliphatic hydroxyl groups excluding tert-OH is 1. The maximum Gasteiger partial charge on any atom is 0.300 e. The summed E-state index contributed by atoms with van der Waals surface area (Å²) in [6.45, 7) is 10.1. The second-order valence-electron chi connectivity index (χ2n) is 10.1. The van der Waals surface area contributed by atoms with Crippen LogP contribution >= 0.6 is 11.6 Å². The van der Waals surface area contributed by atoms with E-state index in [1.165, 1.54) is 17.0 Å². The molecule has 0 aliphatic carbocycles. The molecule has 1 amide bonds. The number of anilines is 1. The fourth-order valence-corrected chi connectivity index (χ4v) is 4.65. The summed E-state index contributed by atoms with van der Waals surface area (Å²) in [5.74, 6) is -2.49. The van der Waals surface area contributed by atoms with Crippen molar-refractivity contribution in [2.24, 2.45) is 0 Å². The van der Waals surface area contributed by atoms with Gasteiger partial charge in [0.05, 0.1) is 16.6 Å². The average Bonchev–Trinajstić information content (AvgIpc) is 3.10. The molecule has 1 N–H and O–H groups in total. The molecular weight excluding hydrogens is 477 g/mol. The summed E-state index contributed by atoms with van der Waals surface area (Å²) in [6.07, 6.45) is 0.826. The third kappa shape index (κ3) is 4.56. The van der Waals surface area contributed by atoms with Crippen LogP contribution in [0.5, 0.6) is 0 Å². The zero-order chi connectivity index (χ0) is 26.4. The van der Waals surface area contributed by atoms with Crippen molar-refractivity contribution in [2.45, 2.75) is 52.5 Å². The maximum absolute atomic E-state index is 13.9. The van der Waals surface area contributed by atoms with Gasteiger partial charge in [0.15, 0.2) is 0 Å². The van der Waals surface area contributed by atoms with Crippen LogP contribution in [0.3, 0.4) is 0 Å². The van der Waals surface area contributed by atoms with Gasteiger partial charge in [-0.05, 0) is 65.3 Å². The molecule has 36 heavy (non-hydrogen) atoms. The van der Waals surface area contributed by atoms with Crippen molar-refractivity contribution in [3.8, 4) is 0 Å². The summed E-state index contributed by atoms with van der Waals surface area (Å²) in [6, 6.07) is 16.3. The fourth-order valence-electron chi connectivity index (χ4n) is 4.47. The number of hydrogen-bond donors (Lipinski definition) is 1. The number of aliphatic hydroxyl groups is 1. The van der Waals surface area contributed by atoms with E-state index in [0.29, 0.717) is 11.1 Å². The Bertz CT molecular complexity index is 1390. The van der Waals surface area contributed by atoms with Crippen LogP contribution in [0.2, 0.25) is 5.02 Å². The molecule has 1 saturated heterocycles. The number of amides is 1. The Hall–Kier alpha value is -3.44. The molecule has 4 rings (SSSR count). The van der Waals surface area contributed by atoms with Crippen LogP contribution in [0.4, 0.5) is 10.1 Å². The fraction of sp³-hybridized carbons (Fsp3) is 0.267. The van der Waals surface area contributed by atoms with Crippen LogP contribution in [0, 0.1) is 12.7 Å². The van der Waals surface area contributed by atoms with Crippen molar-refractivity contribution in [2.75, 3.05) is 4.90 Å². The highest BCUT2D eigenvalue weighted by Gasteiger charge is 2.47. The molecule has 0 radical (unpaired) electrons. The lowest BCUT2D eigenvalue weighted by Gasteiger charge is -2.26. The molecule has 1 heterocycles. The second-order valence-corrected chi connectivity index (χ2v) is 10.5. The quantitative estimate of drug-likeness (QED) is 0.230. The van der Waals surface area contributed by atoms with Crippen LogP contribution in [0.1, 0.15) is 61.6 Å². The highest BCUT2D eigenvalue weighted by atomic mass is 35.5. The minimum atomic E-state index is -0.907. The number of carbonyl (C=O) groups excluding carboxylic acids is 2. The van der Waals surface area contributed by atoms with E-state index in [1.807, 2.05) is 56.3 Å². The van der Waals surface area contributed by atoms with E-state index in [-0.39, 0.29) is 27.5 Å². The first kappa shape index (κ1) is 25.6. The van der Waals surface area contributed by atoms with E-state index in [1.54, 1.807) is 0 Å². The average molecular weight is 506 g/mol. The zero-order valence-corrected chi connectivity index (χ0v) is 21.8. The molecule has 3 aromatic carbocycles. The third-order valence-corrected chi connectivity index (χ3v) is 6.98. The van der Waals surface area contributed by atoms with Gasteiger partial charge in [-0.15, -0.1) is 0 Å². The van der Waals surface area contributed by atoms with Gasteiger partial charge in [0.1, 0.15) is 11.6 Å². The third-order valence-electron chi connectivity index (χ3n) is 6.69. The van der Waals surface area contributed by atoms with Gasteiger partial charge >= 0.3 is 0 Å². The Morgan fingerprint density at radius 2 is 1.69 bits per heavy atom. The van der Waals surface area contributed by atoms with E-state index in [0.717, 1.165) is 29.2 Å². The van der Waals surface area contributed by atoms with Crippen molar-refractivity contribution < 1.29 is 19.1 Å². The van der Waals surface area contributed by atoms with Crippen LogP contribution in [-0.4, -0.2) is 16.8 Å². The summed E-state index contributed by atoms with van der Waals surface area (Å²) in [7, 11) is 0. The first-order valence-corrected chi connectivity index (χ1v) is 12.3. The predicted molar refractivity (Wildman–Crippen MR) is 142 cm³/mol. The maximum atomic E-state index is 13.9. The molecule has 3 aromatic rings. The van der Waals surface area contributed by atoms with Gasteiger partial charge in [-0.2, -0.15) is 0 Å². The number of hydrogen-bond acceptors (Lipinski definition) is 3. The van der Waals surface area contributed by atoms with Gasteiger partial charge in [0.2, 0.25) is 0 Å². The first-order chi connectivity index (χ1) is 16.9. The second kappa shape index (κ2) is 9.55. The molecule has 0 bridgehead atoms. The Kier molecular flexibility index (Phi) is 6.80. The van der Waals surface area contributed by atoms with Crippen LogP contribution in [0.25, 0.3) is 5.76 Å². The van der Waals surface area contributed by atoms with Gasteiger partial charge < -0.3 is 5.11 Å². The molecular formula is C30H29ClFNO3. The van der Waals surface area contributed by atoms with Crippen molar-refractivity contribution >= 4 is 34.7 Å². The molecule has 0 aromatic heterocycles. The van der Waals surface area contributed by atoms with Gasteiger partial charge in [-0.3, -0.25) is 14.5 Å². The highest BCUT2D eigenvalue weighted by Crippen LogP contribution is 2.43. The van der Waals surface area contributed by atoms with Crippen LogP contribution < -0.4 is 4.90 Å². The largest absolute Gasteiger partial charge is 0.507 e. The Labute approximate surface area is 216 Å². The smallest absolute Gasteiger partial charge is 0.300 e. The number of halogens is 2. The van der Waals surface area contributed by atoms with E-state index in [4.69, 9.17) is 11.6 Å². The van der Waals surface area contributed by atoms with Crippen LogP contribution in [0.15, 0.2) is 66.2 Å². The Morgan fingerprint density at radius 3 is 2.28 bits per heavy atom. The number of ketones is 1. The van der Waals surface area contributed by atoms with Crippen molar-refractivity contribution in [1.29, 1.82) is 0 Å².